The molecule has 1 saturated heterocycles. The summed E-state index contributed by atoms with van der Waals surface area (Å²) in [7, 11) is 0. The SMILES string of the molecule is Cc1cc2nc(N3CCOCC3)ccc2c(-c2ccc(Cl)cc2)c1C(OC(C)(C)C)C(=O)O. The van der Waals surface area contributed by atoms with Crippen LogP contribution in [0.25, 0.3) is 22.0 Å². The molecule has 0 radical (unpaired) electrons. The predicted molar refractivity (Wildman–Crippen MR) is 131 cm³/mol. The van der Waals surface area contributed by atoms with E-state index in [2.05, 4.69) is 4.90 Å². The highest BCUT2D eigenvalue weighted by Crippen LogP contribution is 2.41. The van der Waals surface area contributed by atoms with Gasteiger partial charge in [-0.3, -0.25) is 0 Å². The lowest BCUT2D eigenvalue weighted by Gasteiger charge is -2.29. The molecule has 1 fully saturated rings. The molecule has 0 spiro atoms. The third-order valence-corrected chi connectivity index (χ3v) is 5.90. The number of aryl methyl sites for hydroxylation is 1. The molecule has 1 unspecified atom stereocenters. The van der Waals surface area contributed by atoms with Crippen molar-refractivity contribution in [2.75, 3.05) is 31.2 Å². The molecule has 2 heterocycles. The molecule has 0 bridgehead atoms. The number of anilines is 1. The number of aliphatic carboxylic acids is 1. The summed E-state index contributed by atoms with van der Waals surface area (Å²) in [6.07, 6.45) is -1.13. The van der Waals surface area contributed by atoms with Crippen LogP contribution in [0.1, 0.15) is 38.0 Å². The maximum atomic E-state index is 12.4. The quantitative estimate of drug-likeness (QED) is 0.522. The summed E-state index contributed by atoms with van der Waals surface area (Å²) in [4.78, 5) is 19.5. The Morgan fingerprint density at radius 2 is 1.82 bits per heavy atom. The van der Waals surface area contributed by atoms with E-state index in [4.69, 9.17) is 26.1 Å². The van der Waals surface area contributed by atoms with E-state index in [-0.39, 0.29) is 0 Å². The van der Waals surface area contributed by atoms with Gasteiger partial charge in [0.05, 0.1) is 24.3 Å². The number of morpholine rings is 1. The topological polar surface area (TPSA) is 71.9 Å². The van der Waals surface area contributed by atoms with Crippen LogP contribution in [0.5, 0.6) is 0 Å². The molecule has 7 heteroatoms. The van der Waals surface area contributed by atoms with Gasteiger partial charge >= 0.3 is 5.97 Å². The molecular formula is C26H29ClN2O4. The third-order valence-electron chi connectivity index (χ3n) is 5.65. The van der Waals surface area contributed by atoms with E-state index in [1.54, 1.807) is 0 Å². The summed E-state index contributed by atoms with van der Waals surface area (Å²) < 4.78 is 11.5. The van der Waals surface area contributed by atoms with E-state index < -0.39 is 17.7 Å². The van der Waals surface area contributed by atoms with Gasteiger partial charge in [-0.25, -0.2) is 9.78 Å². The highest BCUT2D eigenvalue weighted by Gasteiger charge is 2.31. The van der Waals surface area contributed by atoms with Crippen molar-refractivity contribution in [2.24, 2.45) is 0 Å². The summed E-state index contributed by atoms with van der Waals surface area (Å²) in [6.45, 7) is 10.4. The first kappa shape index (κ1) is 23.5. The van der Waals surface area contributed by atoms with Gasteiger partial charge in [0, 0.05) is 29.1 Å². The monoisotopic (exact) mass is 468 g/mol. The predicted octanol–water partition coefficient (Wildman–Crippen LogP) is 5.64. The number of carboxylic acid groups (broad SMARTS) is 1. The van der Waals surface area contributed by atoms with Crippen molar-refractivity contribution in [3.63, 3.8) is 0 Å². The van der Waals surface area contributed by atoms with Crippen molar-refractivity contribution in [3.8, 4) is 11.1 Å². The molecule has 1 aliphatic rings. The minimum absolute atomic E-state index is 0.616. The first-order valence-corrected chi connectivity index (χ1v) is 11.5. The lowest BCUT2D eigenvalue weighted by atomic mass is 9.88. The molecule has 1 N–H and O–H groups in total. The van der Waals surface area contributed by atoms with Crippen molar-refractivity contribution in [1.82, 2.24) is 4.98 Å². The van der Waals surface area contributed by atoms with Gasteiger partial charge in [-0.1, -0.05) is 23.7 Å². The standard InChI is InChI=1S/C26H29ClN2O4/c1-16-15-20-19(9-10-21(28-20)29-11-13-32-14-12-29)23(17-5-7-18(27)8-6-17)22(16)24(25(30)31)33-26(2,3)4/h5-10,15,24H,11-14H2,1-4H3,(H,30,31). The molecule has 6 nitrogen and oxygen atoms in total. The first-order chi connectivity index (χ1) is 15.6. The van der Waals surface area contributed by atoms with Crippen LogP contribution in [-0.2, 0) is 14.3 Å². The number of benzene rings is 2. The molecule has 1 aliphatic heterocycles. The number of pyridine rings is 1. The first-order valence-electron chi connectivity index (χ1n) is 11.1. The Labute approximate surface area is 199 Å². The number of fused-ring (bicyclic) bond motifs is 1. The average Bonchev–Trinajstić information content (AvgIpc) is 2.77. The second-order valence-electron chi connectivity index (χ2n) is 9.27. The van der Waals surface area contributed by atoms with Gasteiger partial charge in [-0.15, -0.1) is 0 Å². The zero-order valence-corrected chi connectivity index (χ0v) is 20.1. The number of rotatable bonds is 5. The normalized spacial score (nSPS) is 15.6. The summed E-state index contributed by atoms with van der Waals surface area (Å²) in [5.74, 6) is -0.138. The van der Waals surface area contributed by atoms with Gasteiger partial charge in [0.15, 0.2) is 6.10 Å². The highest BCUT2D eigenvalue weighted by atomic mass is 35.5. The van der Waals surface area contributed by atoms with Crippen molar-refractivity contribution in [1.29, 1.82) is 0 Å². The number of halogens is 1. The molecule has 2 aromatic carbocycles. The van der Waals surface area contributed by atoms with Crippen LogP contribution in [-0.4, -0.2) is 48.0 Å². The van der Waals surface area contributed by atoms with Crippen LogP contribution < -0.4 is 4.90 Å². The van der Waals surface area contributed by atoms with Crippen LogP contribution in [0.4, 0.5) is 5.82 Å². The number of carbonyl (C=O) groups is 1. The van der Waals surface area contributed by atoms with Gasteiger partial charge in [-0.2, -0.15) is 0 Å². The van der Waals surface area contributed by atoms with E-state index in [0.717, 1.165) is 46.5 Å². The van der Waals surface area contributed by atoms with Crippen LogP contribution in [0, 0.1) is 6.92 Å². The fourth-order valence-corrected chi connectivity index (χ4v) is 4.36. The van der Waals surface area contributed by atoms with E-state index in [0.29, 0.717) is 23.8 Å². The number of hydrogen-bond acceptors (Lipinski definition) is 5. The number of nitrogens with zero attached hydrogens (tertiary/aromatic N) is 2. The fourth-order valence-electron chi connectivity index (χ4n) is 4.23. The lowest BCUT2D eigenvalue weighted by molar-refractivity contribution is -0.160. The summed E-state index contributed by atoms with van der Waals surface area (Å²) in [5.41, 5.74) is 3.29. The molecule has 0 aliphatic carbocycles. The minimum atomic E-state index is -1.13. The second kappa shape index (κ2) is 9.29. The number of ether oxygens (including phenoxy) is 2. The van der Waals surface area contributed by atoms with Crippen LogP contribution in [0.15, 0.2) is 42.5 Å². The second-order valence-corrected chi connectivity index (χ2v) is 9.71. The summed E-state index contributed by atoms with van der Waals surface area (Å²) in [5, 5.41) is 11.6. The Hall–Kier alpha value is -2.67. The Kier molecular flexibility index (Phi) is 6.61. The zero-order valence-electron chi connectivity index (χ0n) is 19.4. The molecule has 1 aromatic heterocycles. The van der Waals surface area contributed by atoms with E-state index >= 15 is 0 Å². The van der Waals surface area contributed by atoms with E-state index in [9.17, 15) is 9.90 Å². The number of hydrogen-bond donors (Lipinski definition) is 1. The maximum absolute atomic E-state index is 12.4. The lowest BCUT2D eigenvalue weighted by Crippen LogP contribution is -2.36. The number of aromatic nitrogens is 1. The smallest absolute Gasteiger partial charge is 0.337 e. The molecule has 0 saturated carbocycles. The minimum Gasteiger partial charge on any atom is -0.479 e. The van der Waals surface area contributed by atoms with Crippen molar-refractivity contribution >= 4 is 34.3 Å². The molecule has 4 rings (SSSR count). The molecule has 174 valence electrons. The Morgan fingerprint density at radius 3 is 2.42 bits per heavy atom. The van der Waals surface area contributed by atoms with E-state index in [1.165, 1.54) is 0 Å². The zero-order chi connectivity index (χ0) is 23.8. The summed E-state index contributed by atoms with van der Waals surface area (Å²) in [6, 6.07) is 13.4. The van der Waals surface area contributed by atoms with Crippen LogP contribution in [0.3, 0.4) is 0 Å². The Bertz CT molecular complexity index is 1170. The van der Waals surface area contributed by atoms with E-state index in [1.807, 2.05) is 70.2 Å². The van der Waals surface area contributed by atoms with Crippen molar-refractivity contribution in [2.45, 2.75) is 39.4 Å². The molecular weight excluding hydrogens is 440 g/mol. The fraction of sp³-hybridized carbons (Fsp3) is 0.385. The molecule has 3 aromatic rings. The molecule has 0 amide bonds. The average molecular weight is 469 g/mol. The maximum Gasteiger partial charge on any atom is 0.337 e. The Morgan fingerprint density at radius 1 is 1.15 bits per heavy atom. The van der Waals surface area contributed by atoms with Gasteiger partial charge in [-0.05, 0) is 74.7 Å². The summed E-state index contributed by atoms with van der Waals surface area (Å²) >= 11 is 6.15. The van der Waals surface area contributed by atoms with Crippen molar-refractivity contribution in [3.05, 3.63) is 58.6 Å². The molecule has 33 heavy (non-hydrogen) atoms. The highest BCUT2D eigenvalue weighted by molar-refractivity contribution is 6.30. The number of carboxylic acids is 1. The van der Waals surface area contributed by atoms with Crippen molar-refractivity contribution < 1.29 is 19.4 Å². The van der Waals surface area contributed by atoms with Gasteiger partial charge in [0.2, 0.25) is 0 Å². The molecule has 1 atom stereocenters. The third kappa shape index (κ3) is 5.13. The van der Waals surface area contributed by atoms with Crippen LogP contribution in [0.2, 0.25) is 5.02 Å². The van der Waals surface area contributed by atoms with Gasteiger partial charge < -0.3 is 19.5 Å². The van der Waals surface area contributed by atoms with Gasteiger partial charge in [0.1, 0.15) is 5.82 Å². The largest absolute Gasteiger partial charge is 0.479 e. The Balaban J connectivity index is 1.96. The van der Waals surface area contributed by atoms with Gasteiger partial charge in [0.25, 0.3) is 0 Å². The van der Waals surface area contributed by atoms with Crippen LogP contribution >= 0.6 is 11.6 Å².